The van der Waals surface area contributed by atoms with Crippen LogP contribution in [0.1, 0.15) is 17.2 Å². The smallest absolute Gasteiger partial charge is 0.0741 e. The van der Waals surface area contributed by atoms with E-state index in [4.69, 9.17) is 5.84 Å². The third kappa shape index (κ3) is 2.29. The van der Waals surface area contributed by atoms with Gasteiger partial charge in [-0.1, -0.05) is 18.2 Å². The van der Waals surface area contributed by atoms with E-state index >= 15 is 0 Å². The third-order valence-electron chi connectivity index (χ3n) is 3.05. The molecule has 94 valence electrons. The third-order valence-corrected chi connectivity index (χ3v) is 3.05. The fraction of sp³-hybridized carbons (Fsp3) is 0.0714. The minimum absolute atomic E-state index is 0.146. The molecule has 0 saturated heterocycles. The van der Waals surface area contributed by atoms with E-state index in [0.717, 1.165) is 22.0 Å². The van der Waals surface area contributed by atoms with Crippen LogP contribution in [0.15, 0.2) is 55.0 Å². The number of nitrogens with two attached hydrogens (primary N) is 1. The van der Waals surface area contributed by atoms with E-state index in [1.54, 1.807) is 12.4 Å². The van der Waals surface area contributed by atoms with Crippen LogP contribution in [0.3, 0.4) is 0 Å². The van der Waals surface area contributed by atoms with Gasteiger partial charge in [0.25, 0.3) is 0 Å². The Balaban J connectivity index is 2.06. The van der Waals surface area contributed by atoms with Crippen LogP contribution in [-0.2, 0) is 0 Å². The summed E-state index contributed by atoms with van der Waals surface area (Å²) in [5.74, 6) is 5.65. The Morgan fingerprint density at radius 2 is 1.89 bits per heavy atom. The summed E-state index contributed by atoms with van der Waals surface area (Å²) >= 11 is 0. The first kappa shape index (κ1) is 11.7. The molecule has 1 atom stereocenters. The number of aromatic nitrogens is 3. The Bertz CT molecular complexity index is 683. The van der Waals surface area contributed by atoms with Gasteiger partial charge < -0.3 is 0 Å². The number of hydrazine groups is 1. The number of hydrogen-bond donors (Lipinski definition) is 2. The summed E-state index contributed by atoms with van der Waals surface area (Å²) in [5.41, 5.74) is 5.71. The SMILES string of the molecule is NNC(c1ccnnc1)c1cnc2ccccc2c1. The molecule has 0 bridgehead atoms. The van der Waals surface area contributed by atoms with Gasteiger partial charge in [-0.2, -0.15) is 10.2 Å². The minimum Gasteiger partial charge on any atom is -0.271 e. The maximum absolute atomic E-state index is 5.65. The number of benzene rings is 1. The van der Waals surface area contributed by atoms with Gasteiger partial charge in [-0.05, 0) is 29.3 Å². The van der Waals surface area contributed by atoms with Crippen molar-refractivity contribution in [2.75, 3.05) is 0 Å². The van der Waals surface area contributed by atoms with E-state index in [0.29, 0.717) is 0 Å². The quantitative estimate of drug-likeness (QED) is 0.546. The molecule has 3 rings (SSSR count). The van der Waals surface area contributed by atoms with Gasteiger partial charge in [0.2, 0.25) is 0 Å². The van der Waals surface area contributed by atoms with E-state index in [2.05, 4.69) is 26.7 Å². The second-order valence-electron chi connectivity index (χ2n) is 4.24. The normalized spacial score (nSPS) is 12.5. The molecule has 0 aliphatic carbocycles. The summed E-state index contributed by atoms with van der Waals surface area (Å²) in [5, 5.41) is 8.73. The lowest BCUT2D eigenvalue weighted by Gasteiger charge is -2.16. The number of pyridine rings is 1. The molecule has 2 heterocycles. The zero-order chi connectivity index (χ0) is 13.1. The molecule has 0 saturated carbocycles. The molecule has 3 aromatic rings. The van der Waals surface area contributed by atoms with Crippen LogP contribution in [0.25, 0.3) is 10.9 Å². The number of nitrogens with one attached hydrogen (secondary N) is 1. The summed E-state index contributed by atoms with van der Waals surface area (Å²) in [6, 6.07) is 11.8. The van der Waals surface area contributed by atoms with Crippen molar-refractivity contribution in [1.29, 1.82) is 0 Å². The molecule has 3 N–H and O–H groups in total. The first-order valence-electron chi connectivity index (χ1n) is 5.96. The number of fused-ring (bicyclic) bond motifs is 1. The van der Waals surface area contributed by atoms with Crippen LogP contribution in [0, 0.1) is 0 Å². The number of para-hydroxylation sites is 1. The second kappa shape index (κ2) is 5.09. The lowest BCUT2D eigenvalue weighted by molar-refractivity contribution is 0.631. The average molecular weight is 251 g/mol. The second-order valence-corrected chi connectivity index (χ2v) is 4.24. The topological polar surface area (TPSA) is 76.7 Å². The lowest BCUT2D eigenvalue weighted by atomic mass is 10.0. The molecule has 19 heavy (non-hydrogen) atoms. The summed E-state index contributed by atoms with van der Waals surface area (Å²) in [6.07, 6.45) is 5.17. The van der Waals surface area contributed by atoms with E-state index < -0.39 is 0 Å². The predicted octanol–water partition coefficient (Wildman–Crippen LogP) is 1.58. The maximum Gasteiger partial charge on any atom is 0.0741 e. The summed E-state index contributed by atoms with van der Waals surface area (Å²) in [4.78, 5) is 4.44. The summed E-state index contributed by atoms with van der Waals surface area (Å²) < 4.78 is 0. The zero-order valence-corrected chi connectivity index (χ0v) is 10.2. The number of rotatable bonds is 3. The van der Waals surface area contributed by atoms with Crippen LogP contribution in [0.2, 0.25) is 0 Å². The first-order chi connectivity index (χ1) is 9.38. The molecule has 0 aliphatic heterocycles. The van der Waals surface area contributed by atoms with Crippen molar-refractivity contribution < 1.29 is 0 Å². The Morgan fingerprint density at radius 1 is 1.00 bits per heavy atom. The largest absolute Gasteiger partial charge is 0.271 e. The van der Waals surface area contributed by atoms with Gasteiger partial charge in [0, 0.05) is 17.8 Å². The highest BCUT2D eigenvalue weighted by Gasteiger charge is 2.13. The Kier molecular flexibility index (Phi) is 3.14. The minimum atomic E-state index is -0.146. The van der Waals surface area contributed by atoms with Crippen molar-refractivity contribution in [3.63, 3.8) is 0 Å². The predicted molar refractivity (Wildman–Crippen MR) is 72.9 cm³/mol. The maximum atomic E-state index is 5.65. The van der Waals surface area contributed by atoms with Crippen molar-refractivity contribution in [3.05, 3.63) is 66.1 Å². The first-order valence-corrected chi connectivity index (χ1v) is 5.96. The highest BCUT2D eigenvalue weighted by atomic mass is 15.2. The van der Waals surface area contributed by atoms with Crippen molar-refractivity contribution in [3.8, 4) is 0 Å². The van der Waals surface area contributed by atoms with Crippen LogP contribution in [0.5, 0.6) is 0 Å². The monoisotopic (exact) mass is 251 g/mol. The van der Waals surface area contributed by atoms with Crippen LogP contribution in [0.4, 0.5) is 0 Å². The Hall–Kier alpha value is -2.37. The lowest BCUT2D eigenvalue weighted by Crippen LogP contribution is -2.29. The van der Waals surface area contributed by atoms with Gasteiger partial charge in [0.05, 0.1) is 17.8 Å². The van der Waals surface area contributed by atoms with E-state index in [1.807, 2.05) is 36.5 Å². The molecule has 0 amide bonds. The molecular formula is C14H13N5. The van der Waals surface area contributed by atoms with Crippen LogP contribution < -0.4 is 11.3 Å². The van der Waals surface area contributed by atoms with Crippen molar-refractivity contribution in [2.24, 2.45) is 5.84 Å². The molecule has 5 heteroatoms. The summed E-state index contributed by atoms with van der Waals surface area (Å²) in [6.45, 7) is 0. The van der Waals surface area contributed by atoms with Gasteiger partial charge in [0.15, 0.2) is 0 Å². The average Bonchev–Trinajstić information content (AvgIpc) is 2.49. The van der Waals surface area contributed by atoms with Crippen molar-refractivity contribution in [2.45, 2.75) is 6.04 Å². The van der Waals surface area contributed by atoms with Gasteiger partial charge in [-0.3, -0.25) is 10.8 Å². The zero-order valence-electron chi connectivity index (χ0n) is 10.2. The molecule has 5 nitrogen and oxygen atoms in total. The van der Waals surface area contributed by atoms with Crippen LogP contribution in [-0.4, -0.2) is 15.2 Å². The molecule has 2 aromatic heterocycles. The summed E-state index contributed by atoms with van der Waals surface area (Å²) in [7, 11) is 0. The van der Waals surface area contributed by atoms with E-state index in [9.17, 15) is 0 Å². The number of nitrogens with zero attached hydrogens (tertiary/aromatic N) is 3. The van der Waals surface area contributed by atoms with E-state index in [-0.39, 0.29) is 6.04 Å². The molecule has 1 unspecified atom stereocenters. The molecule has 1 aromatic carbocycles. The van der Waals surface area contributed by atoms with Crippen molar-refractivity contribution >= 4 is 10.9 Å². The van der Waals surface area contributed by atoms with Gasteiger partial charge in [0.1, 0.15) is 0 Å². The Morgan fingerprint density at radius 3 is 2.68 bits per heavy atom. The molecule has 0 radical (unpaired) electrons. The van der Waals surface area contributed by atoms with Gasteiger partial charge in [-0.15, -0.1) is 0 Å². The highest BCUT2D eigenvalue weighted by molar-refractivity contribution is 5.78. The molecule has 0 aliphatic rings. The van der Waals surface area contributed by atoms with Crippen LogP contribution >= 0.6 is 0 Å². The standard InChI is InChI=1S/C14H13N5/c15-19-14(11-5-6-17-18-9-11)12-7-10-3-1-2-4-13(10)16-8-12/h1-9,14,19H,15H2. The fourth-order valence-corrected chi connectivity index (χ4v) is 2.10. The Labute approximate surface area is 110 Å². The number of hydrogen-bond acceptors (Lipinski definition) is 5. The molecular weight excluding hydrogens is 238 g/mol. The highest BCUT2D eigenvalue weighted by Crippen LogP contribution is 2.22. The van der Waals surface area contributed by atoms with Gasteiger partial charge >= 0.3 is 0 Å². The molecule has 0 fully saturated rings. The fourth-order valence-electron chi connectivity index (χ4n) is 2.10. The molecule has 0 spiro atoms. The van der Waals surface area contributed by atoms with Gasteiger partial charge in [-0.25, -0.2) is 5.43 Å². The van der Waals surface area contributed by atoms with E-state index in [1.165, 1.54) is 0 Å². The van der Waals surface area contributed by atoms with Crippen molar-refractivity contribution in [1.82, 2.24) is 20.6 Å².